The van der Waals surface area contributed by atoms with E-state index in [0.717, 1.165) is 12.8 Å². The Labute approximate surface area is 117 Å². The fourth-order valence-electron chi connectivity index (χ4n) is 2.78. The van der Waals surface area contributed by atoms with Gasteiger partial charge in [-0.25, -0.2) is 0 Å². The van der Waals surface area contributed by atoms with Crippen LogP contribution < -0.4 is 5.19 Å². The summed E-state index contributed by atoms with van der Waals surface area (Å²) in [7, 11) is -2.41. The molecule has 2 nitrogen and oxygen atoms in total. The van der Waals surface area contributed by atoms with Crippen LogP contribution >= 0.6 is 0 Å². The van der Waals surface area contributed by atoms with Crippen molar-refractivity contribution in [1.82, 2.24) is 0 Å². The fraction of sp³-hybridized carbons (Fsp3) is 0.500. The van der Waals surface area contributed by atoms with Crippen molar-refractivity contribution in [2.45, 2.75) is 39.5 Å². The first-order valence-electron chi connectivity index (χ1n) is 7.36. The molecule has 0 atom stereocenters. The lowest BCUT2D eigenvalue weighted by Crippen LogP contribution is -2.56. The molecule has 1 aliphatic carbocycles. The Hall–Kier alpha value is -0.903. The predicted octanol–water partition coefficient (Wildman–Crippen LogP) is 3.45. The minimum atomic E-state index is -2.41. The summed E-state index contributed by atoms with van der Waals surface area (Å²) in [6.07, 6.45) is 7.21. The van der Waals surface area contributed by atoms with Crippen molar-refractivity contribution in [3.05, 3.63) is 41.6 Å². The number of benzene rings is 1. The van der Waals surface area contributed by atoms with E-state index in [0.29, 0.717) is 13.2 Å². The average Bonchev–Trinajstić information content (AvgIpc) is 2.49. The molecule has 0 fully saturated rings. The van der Waals surface area contributed by atoms with Crippen molar-refractivity contribution in [2.24, 2.45) is 0 Å². The van der Waals surface area contributed by atoms with E-state index in [1.165, 1.54) is 23.2 Å². The summed E-state index contributed by atoms with van der Waals surface area (Å²) in [5.74, 6) is 0. The van der Waals surface area contributed by atoms with Crippen LogP contribution in [-0.2, 0) is 8.85 Å². The van der Waals surface area contributed by atoms with Crippen LogP contribution in [0, 0.1) is 0 Å². The zero-order valence-electron chi connectivity index (χ0n) is 12.0. The lowest BCUT2D eigenvalue weighted by atomic mass is 10.1. The molecule has 0 amide bonds. The quantitative estimate of drug-likeness (QED) is 0.741. The van der Waals surface area contributed by atoms with Crippen LogP contribution in [0.25, 0.3) is 0 Å². The maximum Gasteiger partial charge on any atom is 0.402 e. The highest BCUT2D eigenvalue weighted by molar-refractivity contribution is 6.87. The molecule has 0 saturated carbocycles. The molecule has 0 unspecified atom stereocenters. The smallest absolute Gasteiger partial charge is 0.388 e. The first-order chi connectivity index (χ1) is 9.33. The molecular formula is C16H24O2Si. The second-order valence-electron chi connectivity index (χ2n) is 4.82. The van der Waals surface area contributed by atoms with E-state index in [1.807, 2.05) is 0 Å². The Kier molecular flexibility index (Phi) is 5.37. The molecule has 1 aromatic rings. The molecule has 104 valence electrons. The van der Waals surface area contributed by atoms with Crippen molar-refractivity contribution in [2.75, 3.05) is 13.2 Å². The molecule has 0 radical (unpaired) electrons. The Balaban J connectivity index is 2.43. The Bertz CT molecular complexity index is 408. The number of hydrogen-bond donors (Lipinski definition) is 0. The van der Waals surface area contributed by atoms with Gasteiger partial charge in [0.2, 0.25) is 0 Å². The zero-order chi connectivity index (χ0) is 13.6. The van der Waals surface area contributed by atoms with Crippen molar-refractivity contribution >= 4 is 13.7 Å². The van der Waals surface area contributed by atoms with E-state index in [4.69, 9.17) is 8.85 Å². The van der Waals surface area contributed by atoms with Gasteiger partial charge in [0.15, 0.2) is 0 Å². The van der Waals surface area contributed by atoms with Crippen molar-refractivity contribution in [1.29, 1.82) is 0 Å². The molecule has 19 heavy (non-hydrogen) atoms. The standard InChI is InChI=1S/C16H24O2Si/c1-3-17-19(18-4-2,15-11-7-5-8-12-15)16-13-9-6-10-14-16/h5,7-8,11-13H,3-4,6,9-10,14H2,1-2H3. The summed E-state index contributed by atoms with van der Waals surface area (Å²) in [5, 5.41) is 2.67. The maximum absolute atomic E-state index is 6.24. The number of rotatable bonds is 6. The molecule has 2 rings (SSSR count). The van der Waals surface area contributed by atoms with E-state index in [9.17, 15) is 0 Å². The van der Waals surface area contributed by atoms with E-state index < -0.39 is 8.56 Å². The molecule has 0 spiro atoms. The second-order valence-corrected chi connectivity index (χ2v) is 7.85. The third-order valence-corrected chi connectivity index (χ3v) is 7.35. The van der Waals surface area contributed by atoms with Crippen LogP contribution in [0.4, 0.5) is 0 Å². The summed E-state index contributed by atoms with van der Waals surface area (Å²) in [6.45, 7) is 5.54. The van der Waals surface area contributed by atoms with Crippen molar-refractivity contribution < 1.29 is 8.85 Å². The highest BCUT2D eigenvalue weighted by Crippen LogP contribution is 2.28. The van der Waals surface area contributed by atoms with Gasteiger partial charge in [0, 0.05) is 13.2 Å². The van der Waals surface area contributed by atoms with E-state index in [-0.39, 0.29) is 0 Å². The van der Waals surface area contributed by atoms with Gasteiger partial charge in [0.1, 0.15) is 0 Å². The Morgan fingerprint density at radius 3 is 2.21 bits per heavy atom. The van der Waals surface area contributed by atoms with Crippen LogP contribution in [0.15, 0.2) is 41.6 Å². The number of allylic oxidation sites excluding steroid dienone is 2. The molecule has 1 aromatic carbocycles. The van der Waals surface area contributed by atoms with Crippen LogP contribution in [0.2, 0.25) is 0 Å². The number of hydrogen-bond acceptors (Lipinski definition) is 2. The summed E-state index contributed by atoms with van der Waals surface area (Å²) in [6, 6.07) is 10.5. The molecule has 0 heterocycles. The Morgan fingerprint density at radius 1 is 1.00 bits per heavy atom. The molecular weight excluding hydrogens is 252 g/mol. The van der Waals surface area contributed by atoms with Gasteiger partial charge < -0.3 is 8.85 Å². The topological polar surface area (TPSA) is 18.5 Å². The highest BCUT2D eigenvalue weighted by atomic mass is 28.4. The van der Waals surface area contributed by atoms with Gasteiger partial charge in [-0.1, -0.05) is 36.4 Å². The largest absolute Gasteiger partial charge is 0.402 e. The summed E-state index contributed by atoms with van der Waals surface area (Å²) < 4.78 is 12.5. The maximum atomic E-state index is 6.24. The first kappa shape index (κ1) is 14.5. The third-order valence-electron chi connectivity index (χ3n) is 3.56. The van der Waals surface area contributed by atoms with Gasteiger partial charge >= 0.3 is 8.56 Å². The lowest BCUT2D eigenvalue weighted by Gasteiger charge is -2.34. The molecule has 0 aliphatic heterocycles. The SMILES string of the molecule is CCO[Si](OCC)(C1=CCCCC1)c1ccccc1. The van der Waals surface area contributed by atoms with Gasteiger partial charge in [-0.15, -0.1) is 0 Å². The van der Waals surface area contributed by atoms with Gasteiger partial charge in [-0.3, -0.25) is 0 Å². The van der Waals surface area contributed by atoms with Gasteiger partial charge in [0.05, 0.1) is 0 Å². The minimum absolute atomic E-state index is 0.707. The Morgan fingerprint density at radius 2 is 1.68 bits per heavy atom. The summed E-state index contributed by atoms with van der Waals surface area (Å²) in [5.41, 5.74) is 0. The molecule has 3 heteroatoms. The van der Waals surface area contributed by atoms with Crippen LogP contribution in [0.1, 0.15) is 39.5 Å². The molecule has 1 aliphatic rings. The van der Waals surface area contributed by atoms with Crippen molar-refractivity contribution in [3.63, 3.8) is 0 Å². The normalized spacial score (nSPS) is 16.2. The van der Waals surface area contributed by atoms with E-state index in [1.54, 1.807) is 0 Å². The average molecular weight is 276 g/mol. The van der Waals surface area contributed by atoms with Gasteiger partial charge in [-0.05, 0) is 49.9 Å². The van der Waals surface area contributed by atoms with Gasteiger partial charge in [-0.2, -0.15) is 0 Å². The van der Waals surface area contributed by atoms with E-state index in [2.05, 4.69) is 50.3 Å². The van der Waals surface area contributed by atoms with Crippen LogP contribution in [0.5, 0.6) is 0 Å². The highest BCUT2D eigenvalue weighted by Gasteiger charge is 2.43. The van der Waals surface area contributed by atoms with Crippen LogP contribution in [-0.4, -0.2) is 21.8 Å². The molecule has 0 saturated heterocycles. The van der Waals surface area contributed by atoms with E-state index >= 15 is 0 Å². The zero-order valence-corrected chi connectivity index (χ0v) is 13.0. The summed E-state index contributed by atoms with van der Waals surface area (Å²) in [4.78, 5) is 0. The predicted molar refractivity (Wildman–Crippen MR) is 81.6 cm³/mol. The molecule has 0 bridgehead atoms. The fourth-order valence-corrected chi connectivity index (χ4v) is 6.30. The third kappa shape index (κ3) is 3.16. The minimum Gasteiger partial charge on any atom is -0.388 e. The lowest BCUT2D eigenvalue weighted by molar-refractivity contribution is 0.202. The summed E-state index contributed by atoms with van der Waals surface area (Å²) >= 11 is 0. The second kappa shape index (κ2) is 7.03. The van der Waals surface area contributed by atoms with Crippen LogP contribution in [0.3, 0.4) is 0 Å². The van der Waals surface area contributed by atoms with Crippen molar-refractivity contribution in [3.8, 4) is 0 Å². The van der Waals surface area contributed by atoms with Gasteiger partial charge in [0.25, 0.3) is 0 Å². The first-order valence-corrected chi connectivity index (χ1v) is 9.18. The molecule has 0 aromatic heterocycles. The monoisotopic (exact) mass is 276 g/mol. The molecule has 0 N–H and O–H groups in total.